The normalized spacial score (nSPS) is 24.9. The van der Waals surface area contributed by atoms with Crippen molar-refractivity contribution in [2.75, 3.05) is 20.3 Å². The molecule has 0 radical (unpaired) electrons. The second-order valence-electron chi connectivity index (χ2n) is 10.7. The van der Waals surface area contributed by atoms with Gasteiger partial charge in [0.25, 0.3) is 0 Å². The third kappa shape index (κ3) is 7.56. The number of aliphatic hydroxyl groups is 1. The number of hydrogen-bond acceptors (Lipinski definition) is 9. The first-order chi connectivity index (χ1) is 19.8. The first-order valence-electron chi connectivity index (χ1n) is 14.1. The van der Waals surface area contributed by atoms with Gasteiger partial charge < -0.3 is 34.1 Å². The van der Waals surface area contributed by atoms with Crippen LogP contribution in [0.4, 0.5) is 4.79 Å². The van der Waals surface area contributed by atoms with Crippen molar-refractivity contribution in [2.45, 2.75) is 80.3 Å². The molecular formula is C29H38N2O9S. The summed E-state index contributed by atoms with van der Waals surface area (Å²) in [5, 5.41) is 14.4. The van der Waals surface area contributed by atoms with Crippen molar-refractivity contribution in [3.05, 3.63) is 60.2 Å². The average molecular weight is 591 g/mol. The van der Waals surface area contributed by atoms with Crippen molar-refractivity contribution in [1.82, 2.24) is 10.0 Å². The lowest BCUT2D eigenvalue weighted by Crippen LogP contribution is -2.57. The summed E-state index contributed by atoms with van der Waals surface area (Å²) in [6.07, 6.45) is -0.261. The van der Waals surface area contributed by atoms with Gasteiger partial charge in [-0.2, -0.15) is 4.72 Å². The minimum Gasteiger partial charge on any atom is -0.497 e. The third-order valence-corrected chi connectivity index (χ3v) is 9.29. The molecule has 11 nitrogen and oxygen atoms in total. The van der Waals surface area contributed by atoms with Gasteiger partial charge in [0.1, 0.15) is 24.2 Å². The molecule has 224 valence electrons. The van der Waals surface area contributed by atoms with E-state index in [1.54, 1.807) is 12.1 Å². The van der Waals surface area contributed by atoms with Gasteiger partial charge >= 0.3 is 6.09 Å². The summed E-state index contributed by atoms with van der Waals surface area (Å²) in [7, 11) is -2.61. The van der Waals surface area contributed by atoms with E-state index < -0.39 is 40.6 Å². The van der Waals surface area contributed by atoms with Gasteiger partial charge in [-0.05, 0) is 55.5 Å². The lowest BCUT2D eigenvalue weighted by Gasteiger charge is -2.33. The number of methoxy groups -OCH3 is 1. The van der Waals surface area contributed by atoms with E-state index in [4.69, 9.17) is 23.7 Å². The predicted octanol–water partition coefficient (Wildman–Crippen LogP) is 2.72. The molecule has 2 aromatic carbocycles. The van der Waals surface area contributed by atoms with Gasteiger partial charge in [-0.15, -0.1) is 0 Å². The van der Waals surface area contributed by atoms with Gasteiger partial charge in [0.2, 0.25) is 10.0 Å². The molecule has 0 aromatic heterocycles. The Balaban J connectivity index is 1.35. The van der Waals surface area contributed by atoms with E-state index in [2.05, 4.69) is 10.0 Å². The second kappa shape index (κ2) is 13.5. The maximum absolute atomic E-state index is 13.4. The fourth-order valence-electron chi connectivity index (χ4n) is 5.59. The lowest BCUT2D eigenvalue weighted by atomic mass is 10.00. The van der Waals surface area contributed by atoms with Crippen molar-refractivity contribution in [2.24, 2.45) is 5.92 Å². The monoisotopic (exact) mass is 590 g/mol. The lowest BCUT2D eigenvalue weighted by molar-refractivity contribution is -0.0912. The molecule has 1 unspecified atom stereocenters. The van der Waals surface area contributed by atoms with Crippen LogP contribution < -0.4 is 14.8 Å². The number of hydrogen-bond donors (Lipinski definition) is 3. The van der Waals surface area contributed by atoms with Crippen LogP contribution in [-0.4, -0.2) is 76.8 Å². The molecule has 1 saturated carbocycles. The van der Waals surface area contributed by atoms with Crippen LogP contribution in [0.25, 0.3) is 0 Å². The molecule has 0 bridgehead atoms. The zero-order chi connectivity index (χ0) is 28.8. The summed E-state index contributed by atoms with van der Waals surface area (Å²) in [6, 6.07) is 14.3. The molecule has 3 N–H and O–H groups in total. The Morgan fingerprint density at radius 3 is 2.49 bits per heavy atom. The number of carbonyl (C=O) groups is 1. The quantitative estimate of drug-likeness (QED) is 0.318. The molecule has 2 aliphatic heterocycles. The van der Waals surface area contributed by atoms with Crippen molar-refractivity contribution in [3.8, 4) is 5.75 Å². The van der Waals surface area contributed by atoms with Gasteiger partial charge in [-0.1, -0.05) is 43.2 Å². The van der Waals surface area contributed by atoms with Crippen LogP contribution in [0.5, 0.6) is 5.75 Å². The van der Waals surface area contributed by atoms with Crippen molar-refractivity contribution in [3.63, 3.8) is 0 Å². The number of alkyl carbamates (subject to hydrolysis) is 1. The minimum atomic E-state index is -4.10. The molecule has 1 aliphatic carbocycles. The molecule has 1 amide bonds. The number of carbonyl (C=O) groups excluding carboxylic acids is 1. The van der Waals surface area contributed by atoms with Crippen LogP contribution in [0.1, 0.15) is 37.7 Å². The van der Waals surface area contributed by atoms with E-state index in [0.717, 1.165) is 37.7 Å². The number of sulfonamides is 1. The Bertz CT molecular complexity index is 1240. The minimum absolute atomic E-state index is 0.00734. The summed E-state index contributed by atoms with van der Waals surface area (Å²) in [6.45, 7) is 0.768. The maximum atomic E-state index is 13.4. The molecule has 2 saturated heterocycles. The molecular weight excluding hydrogens is 552 g/mol. The van der Waals surface area contributed by atoms with Gasteiger partial charge in [0.15, 0.2) is 6.29 Å². The Hall–Kier alpha value is -2.74. The standard InChI is InChI=1S/C29H38N2O9S/c1-36-20-11-13-22(14-12-20)41(34,35)31-27(39-21-9-5-6-10-21)26(32)24(17-19-7-3-2-4-8-19)30-29(33)40-25-18-38-28-23(25)15-16-37-28/h2-4,7-8,11-14,21,23-28,31-32H,5-6,9-10,15-18H2,1H3,(H,30,33)/t23-,24-,25-,26+,27?,28+/m0/s1. The molecule has 6 atom stereocenters. The smallest absolute Gasteiger partial charge is 0.407 e. The number of fused-ring (bicyclic) bond motifs is 1. The topological polar surface area (TPSA) is 142 Å². The van der Waals surface area contributed by atoms with Gasteiger partial charge in [0.05, 0.1) is 43.3 Å². The number of benzene rings is 2. The summed E-state index contributed by atoms with van der Waals surface area (Å²) in [4.78, 5) is 13.1. The highest BCUT2D eigenvalue weighted by atomic mass is 32.2. The molecule has 3 fully saturated rings. The predicted molar refractivity (Wildman–Crippen MR) is 148 cm³/mol. The molecule has 2 heterocycles. The van der Waals surface area contributed by atoms with E-state index in [0.29, 0.717) is 12.4 Å². The van der Waals surface area contributed by atoms with Crippen LogP contribution >= 0.6 is 0 Å². The van der Waals surface area contributed by atoms with Crippen LogP contribution in [0.2, 0.25) is 0 Å². The van der Waals surface area contributed by atoms with Crippen LogP contribution in [-0.2, 0) is 35.4 Å². The molecule has 5 rings (SSSR count). The molecule has 41 heavy (non-hydrogen) atoms. The summed E-state index contributed by atoms with van der Waals surface area (Å²) in [5.41, 5.74) is 0.836. The summed E-state index contributed by atoms with van der Waals surface area (Å²) in [5.74, 6) is 0.463. The number of amides is 1. The van der Waals surface area contributed by atoms with Gasteiger partial charge in [0, 0.05) is 0 Å². The third-order valence-electron chi connectivity index (χ3n) is 7.85. The van der Waals surface area contributed by atoms with E-state index in [1.165, 1.54) is 19.2 Å². The first-order valence-corrected chi connectivity index (χ1v) is 15.5. The number of ether oxygens (including phenoxy) is 5. The largest absolute Gasteiger partial charge is 0.497 e. The fourth-order valence-corrected chi connectivity index (χ4v) is 6.72. The molecule has 0 spiro atoms. The second-order valence-corrected chi connectivity index (χ2v) is 12.4. The fraction of sp³-hybridized carbons (Fsp3) is 0.552. The Morgan fingerprint density at radius 2 is 1.78 bits per heavy atom. The zero-order valence-corrected chi connectivity index (χ0v) is 23.8. The summed E-state index contributed by atoms with van der Waals surface area (Å²) >= 11 is 0. The number of rotatable bonds is 12. The molecule has 3 aliphatic rings. The average Bonchev–Trinajstić information content (AvgIpc) is 3.73. The van der Waals surface area contributed by atoms with Crippen LogP contribution in [0.15, 0.2) is 59.5 Å². The number of aliphatic hydroxyl groups excluding tert-OH is 1. The zero-order valence-electron chi connectivity index (χ0n) is 23.0. The van der Waals surface area contributed by atoms with E-state index in [1.807, 2.05) is 30.3 Å². The molecule has 2 aromatic rings. The van der Waals surface area contributed by atoms with Crippen molar-refractivity contribution in [1.29, 1.82) is 0 Å². The van der Waals surface area contributed by atoms with Crippen LogP contribution in [0, 0.1) is 5.92 Å². The van der Waals surface area contributed by atoms with Crippen molar-refractivity contribution >= 4 is 16.1 Å². The van der Waals surface area contributed by atoms with E-state index in [-0.39, 0.29) is 36.2 Å². The van der Waals surface area contributed by atoms with Gasteiger partial charge in [-0.3, -0.25) is 0 Å². The summed E-state index contributed by atoms with van der Waals surface area (Å²) < 4.78 is 57.4. The first kappa shape index (κ1) is 29.7. The highest BCUT2D eigenvalue weighted by Crippen LogP contribution is 2.33. The Morgan fingerprint density at radius 1 is 1.05 bits per heavy atom. The maximum Gasteiger partial charge on any atom is 0.407 e. The Kier molecular flexibility index (Phi) is 9.79. The van der Waals surface area contributed by atoms with Crippen molar-refractivity contribution < 1.29 is 42.0 Å². The molecule has 12 heteroatoms. The number of nitrogens with one attached hydrogen (secondary N) is 2. The van der Waals surface area contributed by atoms with Crippen LogP contribution in [0.3, 0.4) is 0 Å². The van der Waals surface area contributed by atoms with E-state index in [9.17, 15) is 18.3 Å². The highest BCUT2D eigenvalue weighted by Gasteiger charge is 2.44. The van der Waals surface area contributed by atoms with E-state index >= 15 is 0 Å². The highest BCUT2D eigenvalue weighted by molar-refractivity contribution is 7.89. The van der Waals surface area contributed by atoms with Gasteiger partial charge in [-0.25, -0.2) is 13.2 Å². The SMILES string of the molecule is COc1ccc(S(=O)(=O)NC(OC2CCCC2)[C@H](O)[C@H](Cc2ccccc2)NC(=O)O[C@H]2CO[C@H]3OCC[C@H]32)cc1. The Labute approximate surface area is 240 Å².